The predicted octanol–water partition coefficient (Wildman–Crippen LogP) is 22.1. The fraction of sp³-hybridized carbons (Fsp3) is 0.924. The van der Waals surface area contributed by atoms with Gasteiger partial charge in [0.15, 0.2) is 6.10 Å². The van der Waals surface area contributed by atoms with Crippen LogP contribution in [0.25, 0.3) is 0 Å². The molecule has 0 aliphatic heterocycles. The van der Waals surface area contributed by atoms with Gasteiger partial charge in [-0.2, -0.15) is 0 Å². The van der Waals surface area contributed by atoms with Crippen molar-refractivity contribution in [2.45, 2.75) is 380 Å². The third-order valence-corrected chi connectivity index (χ3v) is 15.0. The van der Waals surface area contributed by atoms with Gasteiger partial charge in [0.2, 0.25) is 0 Å². The van der Waals surface area contributed by atoms with E-state index in [0.717, 1.165) is 70.6 Å². The van der Waals surface area contributed by atoms with Crippen LogP contribution in [0.3, 0.4) is 0 Å². The number of hydrogen-bond acceptors (Lipinski definition) is 6. The number of carbonyl (C=O) groups is 3. The Labute approximate surface area is 450 Å². The molecule has 0 saturated heterocycles. The minimum absolute atomic E-state index is 0.0666. The molecule has 0 heterocycles. The Balaban J connectivity index is 4.03. The molecule has 6 heteroatoms. The lowest BCUT2D eigenvalue weighted by Crippen LogP contribution is -2.30. The van der Waals surface area contributed by atoms with E-state index in [9.17, 15) is 14.4 Å². The molecule has 0 radical (unpaired) electrons. The Morgan fingerprint density at radius 1 is 0.264 bits per heavy atom. The first-order valence-corrected chi connectivity index (χ1v) is 32.7. The van der Waals surface area contributed by atoms with Crippen molar-refractivity contribution in [2.75, 3.05) is 13.2 Å². The summed E-state index contributed by atoms with van der Waals surface area (Å²) >= 11 is 0. The SMILES string of the molecule is CCC/C=C\CCCCCCCC(=O)OCC(COC(=O)CCCCCCCCCCCCCCCCCCCCCCCCCCCCCCCC)OC(=O)CCCCCCCCCCCCCCCC. The number of hydrogen-bond donors (Lipinski definition) is 0. The van der Waals surface area contributed by atoms with Crippen LogP contribution in [0.5, 0.6) is 0 Å². The van der Waals surface area contributed by atoms with Crippen LogP contribution in [0, 0.1) is 0 Å². The van der Waals surface area contributed by atoms with Crippen LogP contribution in [0.15, 0.2) is 12.2 Å². The largest absolute Gasteiger partial charge is 0.462 e. The van der Waals surface area contributed by atoms with E-state index >= 15 is 0 Å². The number of unbranched alkanes of at least 4 members (excludes halogenated alkanes) is 48. The lowest BCUT2D eigenvalue weighted by molar-refractivity contribution is -0.167. The van der Waals surface area contributed by atoms with Crippen molar-refractivity contribution >= 4 is 17.9 Å². The van der Waals surface area contributed by atoms with E-state index in [4.69, 9.17) is 14.2 Å². The summed E-state index contributed by atoms with van der Waals surface area (Å²) in [6, 6.07) is 0. The van der Waals surface area contributed by atoms with Gasteiger partial charge in [-0.3, -0.25) is 14.4 Å². The van der Waals surface area contributed by atoms with Crippen molar-refractivity contribution in [3.63, 3.8) is 0 Å². The molecule has 0 fully saturated rings. The van der Waals surface area contributed by atoms with Gasteiger partial charge < -0.3 is 14.2 Å². The van der Waals surface area contributed by atoms with E-state index in [0.29, 0.717) is 19.3 Å². The van der Waals surface area contributed by atoms with Gasteiger partial charge in [0.05, 0.1) is 0 Å². The van der Waals surface area contributed by atoms with Crippen LogP contribution in [-0.2, 0) is 28.6 Å². The molecule has 0 amide bonds. The summed E-state index contributed by atoms with van der Waals surface area (Å²) in [6.07, 6.45) is 72.5. The lowest BCUT2D eigenvalue weighted by atomic mass is 10.0. The van der Waals surface area contributed by atoms with Gasteiger partial charge in [0, 0.05) is 19.3 Å². The van der Waals surface area contributed by atoms with Gasteiger partial charge in [-0.05, 0) is 38.5 Å². The second-order valence-corrected chi connectivity index (χ2v) is 22.4. The Hall–Kier alpha value is -1.85. The molecule has 0 rings (SSSR count). The quantitative estimate of drug-likeness (QED) is 0.0261. The number of esters is 3. The van der Waals surface area contributed by atoms with Crippen molar-refractivity contribution < 1.29 is 28.6 Å². The average Bonchev–Trinajstić information content (AvgIpc) is 3.38. The fourth-order valence-corrected chi connectivity index (χ4v) is 10.1. The molecule has 0 N–H and O–H groups in total. The fourth-order valence-electron chi connectivity index (χ4n) is 10.1. The number of ether oxygens (including phenoxy) is 3. The molecule has 0 aromatic heterocycles. The van der Waals surface area contributed by atoms with Gasteiger partial charge in [-0.15, -0.1) is 0 Å². The van der Waals surface area contributed by atoms with Crippen molar-refractivity contribution in [3.8, 4) is 0 Å². The zero-order valence-electron chi connectivity index (χ0n) is 49.0. The molecule has 72 heavy (non-hydrogen) atoms. The summed E-state index contributed by atoms with van der Waals surface area (Å²) in [7, 11) is 0. The number of allylic oxidation sites excluding steroid dienone is 2. The maximum atomic E-state index is 12.8. The molecular formula is C66H126O6. The average molecular weight is 1020 g/mol. The highest BCUT2D eigenvalue weighted by Gasteiger charge is 2.19. The monoisotopic (exact) mass is 1010 g/mol. The topological polar surface area (TPSA) is 78.9 Å². The molecule has 0 bridgehead atoms. The maximum absolute atomic E-state index is 12.8. The van der Waals surface area contributed by atoms with Crippen molar-refractivity contribution in [2.24, 2.45) is 0 Å². The van der Waals surface area contributed by atoms with E-state index in [2.05, 4.69) is 32.9 Å². The first-order valence-electron chi connectivity index (χ1n) is 32.7. The molecule has 0 aliphatic rings. The molecule has 0 aliphatic carbocycles. The Bertz CT molecular complexity index is 1120. The number of rotatable bonds is 61. The van der Waals surface area contributed by atoms with Crippen LogP contribution < -0.4 is 0 Å². The van der Waals surface area contributed by atoms with E-state index in [-0.39, 0.29) is 31.1 Å². The van der Waals surface area contributed by atoms with Crippen LogP contribution in [0.2, 0.25) is 0 Å². The molecule has 0 aromatic rings. The molecule has 426 valence electrons. The van der Waals surface area contributed by atoms with Gasteiger partial charge in [0.25, 0.3) is 0 Å². The highest BCUT2D eigenvalue weighted by Crippen LogP contribution is 2.19. The second kappa shape index (κ2) is 61.7. The first kappa shape index (κ1) is 70.1. The van der Waals surface area contributed by atoms with E-state index < -0.39 is 6.10 Å². The molecular weight excluding hydrogens is 889 g/mol. The van der Waals surface area contributed by atoms with Gasteiger partial charge in [-0.1, -0.05) is 328 Å². The molecule has 1 atom stereocenters. The van der Waals surface area contributed by atoms with Gasteiger partial charge >= 0.3 is 17.9 Å². The van der Waals surface area contributed by atoms with Crippen molar-refractivity contribution in [1.29, 1.82) is 0 Å². The second-order valence-electron chi connectivity index (χ2n) is 22.4. The summed E-state index contributed by atoms with van der Waals surface area (Å²) in [4.78, 5) is 38.1. The standard InChI is InChI=1S/C66H126O6/c1-4-7-10-13-16-19-22-24-26-27-28-29-30-31-32-33-34-35-36-37-38-39-40-41-43-44-47-50-53-56-59-65(68)71-62-63(61-70-64(67)58-55-52-49-46-21-18-15-12-9-6-3)72-66(69)60-57-54-51-48-45-42-25-23-20-17-14-11-8-5-2/h12,15,63H,4-11,13-14,16-62H2,1-3H3/b15-12-. The molecule has 1 unspecified atom stereocenters. The normalized spacial score (nSPS) is 12.0. The molecule has 0 spiro atoms. The van der Waals surface area contributed by atoms with E-state index in [1.54, 1.807) is 0 Å². The summed E-state index contributed by atoms with van der Waals surface area (Å²) in [5, 5.41) is 0. The Kier molecular flexibility index (Phi) is 60.1. The number of carbonyl (C=O) groups excluding carboxylic acids is 3. The van der Waals surface area contributed by atoms with Crippen LogP contribution in [-0.4, -0.2) is 37.2 Å². The first-order chi connectivity index (χ1) is 35.5. The molecule has 6 nitrogen and oxygen atoms in total. The van der Waals surface area contributed by atoms with Crippen LogP contribution >= 0.6 is 0 Å². The van der Waals surface area contributed by atoms with Crippen molar-refractivity contribution in [1.82, 2.24) is 0 Å². The summed E-state index contributed by atoms with van der Waals surface area (Å²) in [6.45, 7) is 6.64. The molecule has 0 saturated carbocycles. The van der Waals surface area contributed by atoms with Crippen LogP contribution in [0.4, 0.5) is 0 Å². The minimum Gasteiger partial charge on any atom is -0.462 e. The third kappa shape index (κ3) is 59.0. The van der Waals surface area contributed by atoms with Gasteiger partial charge in [0.1, 0.15) is 13.2 Å². The van der Waals surface area contributed by atoms with Gasteiger partial charge in [-0.25, -0.2) is 0 Å². The highest BCUT2D eigenvalue weighted by atomic mass is 16.6. The zero-order valence-corrected chi connectivity index (χ0v) is 49.0. The lowest BCUT2D eigenvalue weighted by Gasteiger charge is -2.18. The van der Waals surface area contributed by atoms with Crippen molar-refractivity contribution in [3.05, 3.63) is 12.2 Å². The highest BCUT2D eigenvalue weighted by molar-refractivity contribution is 5.71. The van der Waals surface area contributed by atoms with E-state index in [1.807, 2.05) is 0 Å². The third-order valence-electron chi connectivity index (χ3n) is 15.0. The smallest absolute Gasteiger partial charge is 0.306 e. The predicted molar refractivity (Wildman–Crippen MR) is 312 cm³/mol. The molecule has 0 aromatic carbocycles. The summed E-state index contributed by atoms with van der Waals surface area (Å²) < 4.78 is 16.9. The Morgan fingerprint density at radius 2 is 0.486 bits per heavy atom. The minimum atomic E-state index is -0.767. The van der Waals surface area contributed by atoms with E-state index in [1.165, 1.54) is 263 Å². The Morgan fingerprint density at radius 3 is 0.750 bits per heavy atom. The zero-order chi connectivity index (χ0) is 52.2. The van der Waals surface area contributed by atoms with Crippen LogP contribution in [0.1, 0.15) is 374 Å². The summed E-state index contributed by atoms with van der Waals surface area (Å²) in [5.41, 5.74) is 0. The maximum Gasteiger partial charge on any atom is 0.306 e. The summed E-state index contributed by atoms with van der Waals surface area (Å²) in [5.74, 6) is -0.852.